The van der Waals surface area contributed by atoms with Gasteiger partial charge < -0.3 is 10.6 Å². The number of nitrogens with one attached hydrogen (secondary N) is 2. The predicted octanol–water partition coefficient (Wildman–Crippen LogP) is 0.534. The van der Waals surface area contributed by atoms with Crippen LogP contribution in [0, 0.1) is 0 Å². The van der Waals surface area contributed by atoms with Crippen LogP contribution in [-0.4, -0.2) is 42.4 Å². The quantitative estimate of drug-likeness (QED) is 0.555. The molecule has 101 valence electrons. The maximum absolute atomic E-state index is 12.0. The first-order valence-corrected chi connectivity index (χ1v) is 6.42. The summed E-state index contributed by atoms with van der Waals surface area (Å²) in [7, 11) is 0. The smallest absolute Gasteiger partial charge is 0.324 e. The lowest BCUT2D eigenvalue weighted by Gasteiger charge is -2.22. The van der Waals surface area contributed by atoms with E-state index in [2.05, 4.69) is 10.6 Å². The van der Waals surface area contributed by atoms with Crippen LogP contribution in [-0.2, 0) is 9.59 Å². The minimum absolute atomic E-state index is 0.343. The van der Waals surface area contributed by atoms with Gasteiger partial charge in [0.25, 0.3) is 5.91 Å². The summed E-state index contributed by atoms with van der Waals surface area (Å²) >= 11 is 0. The van der Waals surface area contributed by atoms with Crippen LogP contribution in [0.5, 0.6) is 0 Å². The summed E-state index contributed by atoms with van der Waals surface area (Å²) in [6.45, 7) is 3.01. The van der Waals surface area contributed by atoms with Crippen LogP contribution in [0.15, 0.2) is 0 Å². The SMILES string of the molecule is CCCCNC(=O)N1CCCC[C@H](N[C]=O)C1=O. The Morgan fingerprint density at radius 1 is 1.50 bits per heavy atom. The van der Waals surface area contributed by atoms with Crippen molar-refractivity contribution in [3.05, 3.63) is 0 Å². The number of amides is 4. The fourth-order valence-electron chi connectivity index (χ4n) is 1.91. The molecule has 1 aliphatic heterocycles. The Morgan fingerprint density at radius 2 is 2.28 bits per heavy atom. The second-order valence-electron chi connectivity index (χ2n) is 4.37. The van der Waals surface area contributed by atoms with Crippen molar-refractivity contribution in [2.75, 3.05) is 13.1 Å². The third kappa shape index (κ3) is 4.01. The molecule has 18 heavy (non-hydrogen) atoms. The monoisotopic (exact) mass is 254 g/mol. The molecule has 0 saturated carbocycles. The molecule has 2 N–H and O–H groups in total. The molecule has 0 aromatic rings. The molecule has 1 atom stereocenters. The highest BCUT2D eigenvalue weighted by atomic mass is 16.2. The summed E-state index contributed by atoms with van der Waals surface area (Å²) < 4.78 is 0. The van der Waals surface area contributed by atoms with Crippen LogP contribution in [0.3, 0.4) is 0 Å². The normalized spacial score (nSPS) is 20.2. The van der Waals surface area contributed by atoms with Crippen LogP contribution in [0.1, 0.15) is 39.0 Å². The Hall–Kier alpha value is -1.59. The van der Waals surface area contributed by atoms with Crippen molar-refractivity contribution in [3.8, 4) is 0 Å². The first-order valence-electron chi connectivity index (χ1n) is 6.42. The van der Waals surface area contributed by atoms with Gasteiger partial charge in [0.1, 0.15) is 6.04 Å². The molecule has 1 fully saturated rings. The summed E-state index contributed by atoms with van der Waals surface area (Å²) in [4.78, 5) is 35.4. The molecular formula is C12H20N3O3. The Bertz CT molecular complexity index is 307. The van der Waals surface area contributed by atoms with Crippen molar-refractivity contribution in [1.29, 1.82) is 0 Å². The van der Waals surface area contributed by atoms with Crippen LogP contribution in [0.25, 0.3) is 0 Å². The van der Waals surface area contributed by atoms with Crippen molar-refractivity contribution in [2.45, 2.75) is 45.1 Å². The van der Waals surface area contributed by atoms with E-state index in [1.807, 2.05) is 6.92 Å². The number of rotatable bonds is 5. The number of nitrogens with zero attached hydrogens (tertiary/aromatic N) is 1. The third-order valence-corrected chi connectivity index (χ3v) is 2.97. The minimum atomic E-state index is -0.623. The highest BCUT2D eigenvalue weighted by molar-refractivity contribution is 5.97. The van der Waals surface area contributed by atoms with Crippen molar-refractivity contribution in [2.24, 2.45) is 0 Å². The lowest BCUT2D eigenvalue weighted by atomic mass is 10.1. The molecule has 6 nitrogen and oxygen atoms in total. The van der Waals surface area contributed by atoms with Crippen LogP contribution in [0.2, 0.25) is 0 Å². The number of imide groups is 1. The van der Waals surface area contributed by atoms with Gasteiger partial charge in [0, 0.05) is 13.1 Å². The van der Waals surface area contributed by atoms with Gasteiger partial charge in [-0.2, -0.15) is 0 Å². The summed E-state index contributed by atoms with van der Waals surface area (Å²) in [6, 6.07) is -0.991. The second kappa shape index (κ2) is 7.68. The number of unbranched alkanes of at least 4 members (excludes halogenated alkanes) is 1. The van der Waals surface area contributed by atoms with E-state index < -0.39 is 6.04 Å². The third-order valence-electron chi connectivity index (χ3n) is 2.97. The number of likely N-dealkylation sites (tertiary alicyclic amines) is 1. The first kappa shape index (κ1) is 14.5. The molecule has 0 spiro atoms. The topological polar surface area (TPSA) is 78.5 Å². The number of hydrogen-bond acceptors (Lipinski definition) is 3. The van der Waals surface area contributed by atoms with Gasteiger partial charge in [0.2, 0.25) is 0 Å². The molecule has 0 aromatic heterocycles. The van der Waals surface area contributed by atoms with Crippen molar-refractivity contribution < 1.29 is 14.4 Å². The molecule has 4 amide bonds. The zero-order valence-corrected chi connectivity index (χ0v) is 10.7. The van der Waals surface area contributed by atoms with Crippen LogP contribution < -0.4 is 10.6 Å². The maximum Gasteiger partial charge on any atom is 0.324 e. The molecule has 1 radical (unpaired) electrons. The number of urea groups is 1. The Kier molecular flexibility index (Phi) is 6.18. The summed E-state index contributed by atoms with van der Waals surface area (Å²) in [6.07, 6.45) is 5.54. The zero-order valence-electron chi connectivity index (χ0n) is 10.7. The lowest BCUT2D eigenvalue weighted by Crippen LogP contribution is -2.50. The van der Waals surface area contributed by atoms with E-state index in [9.17, 15) is 14.4 Å². The van der Waals surface area contributed by atoms with E-state index in [1.54, 1.807) is 0 Å². The van der Waals surface area contributed by atoms with E-state index >= 15 is 0 Å². The molecule has 0 bridgehead atoms. The van der Waals surface area contributed by atoms with Gasteiger partial charge in [-0.15, -0.1) is 0 Å². The highest BCUT2D eigenvalue weighted by Crippen LogP contribution is 2.12. The van der Waals surface area contributed by atoms with Gasteiger partial charge in [0.15, 0.2) is 0 Å². The molecule has 1 heterocycles. The van der Waals surface area contributed by atoms with E-state index in [0.29, 0.717) is 19.5 Å². The predicted molar refractivity (Wildman–Crippen MR) is 66.5 cm³/mol. The Morgan fingerprint density at radius 3 is 2.94 bits per heavy atom. The average Bonchev–Trinajstić information content (AvgIpc) is 2.53. The fraction of sp³-hybridized carbons (Fsp3) is 0.750. The first-order chi connectivity index (χ1) is 8.70. The molecule has 6 heteroatoms. The Balaban J connectivity index is 2.58. The Labute approximate surface area is 107 Å². The number of carbonyl (C=O) groups is 2. The lowest BCUT2D eigenvalue weighted by molar-refractivity contribution is -0.129. The zero-order chi connectivity index (χ0) is 13.4. The van der Waals surface area contributed by atoms with E-state index in [-0.39, 0.29) is 11.9 Å². The largest absolute Gasteiger partial charge is 0.338 e. The van der Waals surface area contributed by atoms with Gasteiger partial charge in [0.05, 0.1) is 0 Å². The van der Waals surface area contributed by atoms with E-state index in [1.165, 1.54) is 11.3 Å². The highest BCUT2D eigenvalue weighted by Gasteiger charge is 2.30. The molecule has 0 aliphatic carbocycles. The standard InChI is InChI=1S/C12H20N3O3/c1-2-3-7-13-12(18)15-8-5-4-6-10(11(15)17)14-9-16/h10H,2-8H2,1H3,(H,13,18)(H,14,16)/t10-/m0/s1. The summed E-state index contributed by atoms with van der Waals surface area (Å²) in [5.74, 6) is -0.343. The van der Waals surface area contributed by atoms with Gasteiger partial charge in [-0.3, -0.25) is 14.5 Å². The van der Waals surface area contributed by atoms with E-state index in [4.69, 9.17) is 0 Å². The van der Waals surface area contributed by atoms with Gasteiger partial charge >= 0.3 is 12.4 Å². The number of carbonyl (C=O) groups excluding carboxylic acids is 3. The van der Waals surface area contributed by atoms with Gasteiger partial charge in [-0.05, 0) is 25.7 Å². The van der Waals surface area contributed by atoms with Gasteiger partial charge in [-0.1, -0.05) is 13.3 Å². The van der Waals surface area contributed by atoms with E-state index in [0.717, 1.165) is 25.7 Å². The minimum Gasteiger partial charge on any atom is -0.338 e. The van der Waals surface area contributed by atoms with Gasteiger partial charge in [-0.25, -0.2) is 4.79 Å². The summed E-state index contributed by atoms with van der Waals surface area (Å²) in [5, 5.41) is 5.06. The molecule has 1 aliphatic rings. The second-order valence-corrected chi connectivity index (χ2v) is 4.37. The summed E-state index contributed by atoms with van der Waals surface area (Å²) in [5.41, 5.74) is 0. The molecule has 0 aromatic carbocycles. The molecule has 0 unspecified atom stereocenters. The fourth-order valence-corrected chi connectivity index (χ4v) is 1.91. The average molecular weight is 254 g/mol. The molecule has 1 saturated heterocycles. The van der Waals surface area contributed by atoms with Crippen molar-refractivity contribution >= 4 is 18.3 Å². The van der Waals surface area contributed by atoms with Crippen molar-refractivity contribution in [3.63, 3.8) is 0 Å². The maximum atomic E-state index is 12.0. The molecule has 1 rings (SSSR count). The van der Waals surface area contributed by atoms with Crippen LogP contribution >= 0.6 is 0 Å². The van der Waals surface area contributed by atoms with Crippen LogP contribution in [0.4, 0.5) is 4.79 Å². The molecular weight excluding hydrogens is 234 g/mol. The van der Waals surface area contributed by atoms with Crippen molar-refractivity contribution in [1.82, 2.24) is 15.5 Å². The number of hydrogen-bond donors (Lipinski definition) is 2.